The van der Waals surface area contributed by atoms with E-state index in [0.29, 0.717) is 44.8 Å². The summed E-state index contributed by atoms with van der Waals surface area (Å²) < 4.78 is 57.8. The predicted molar refractivity (Wildman–Crippen MR) is 84.0 cm³/mol. The standard InChI is InChI=1S/C15H23F2N3O3S/c16-15(17)4-1-2-13(10-15)11-19-5-7-20(8-6-19)24(21,22)12-14-3-9-23-18-14/h3,9,13H,1-2,4-8,10-12H2. The summed E-state index contributed by atoms with van der Waals surface area (Å²) in [7, 11) is -3.42. The van der Waals surface area contributed by atoms with Gasteiger partial charge in [-0.1, -0.05) is 5.16 Å². The number of aromatic nitrogens is 1. The van der Waals surface area contributed by atoms with E-state index in [9.17, 15) is 17.2 Å². The predicted octanol–water partition coefficient (Wildman–Crippen LogP) is 1.95. The smallest absolute Gasteiger partial charge is 0.248 e. The number of sulfonamides is 1. The zero-order chi connectivity index (χ0) is 17.2. The molecule has 1 atom stereocenters. The number of rotatable bonds is 5. The Morgan fingerprint density at radius 2 is 2.04 bits per heavy atom. The van der Waals surface area contributed by atoms with Crippen molar-refractivity contribution in [2.75, 3.05) is 32.7 Å². The van der Waals surface area contributed by atoms with Gasteiger partial charge in [0.25, 0.3) is 0 Å². The lowest BCUT2D eigenvalue weighted by Crippen LogP contribution is -2.50. The van der Waals surface area contributed by atoms with E-state index in [0.717, 1.165) is 6.42 Å². The van der Waals surface area contributed by atoms with Crippen LogP contribution in [0.2, 0.25) is 0 Å². The SMILES string of the molecule is O=S(=O)(Cc1ccon1)N1CCN(CC2CCCC(F)(F)C2)CC1. The largest absolute Gasteiger partial charge is 0.364 e. The fourth-order valence-corrected chi connectivity index (χ4v) is 5.00. The van der Waals surface area contributed by atoms with E-state index in [1.807, 2.05) is 0 Å². The first-order chi connectivity index (χ1) is 11.3. The third-order valence-corrected chi connectivity index (χ3v) is 6.62. The van der Waals surface area contributed by atoms with Crippen LogP contribution >= 0.6 is 0 Å². The lowest BCUT2D eigenvalue weighted by atomic mass is 9.86. The topological polar surface area (TPSA) is 66.7 Å². The zero-order valence-electron chi connectivity index (χ0n) is 13.5. The molecule has 1 unspecified atom stereocenters. The van der Waals surface area contributed by atoms with Crippen LogP contribution in [0, 0.1) is 5.92 Å². The van der Waals surface area contributed by atoms with Crippen LogP contribution in [-0.2, 0) is 15.8 Å². The Kier molecular flexibility index (Phi) is 5.22. The van der Waals surface area contributed by atoms with Crippen molar-refractivity contribution in [1.29, 1.82) is 0 Å². The van der Waals surface area contributed by atoms with Gasteiger partial charge in [0.05, 0.1) is 5.69 Å². The maximum absolute atomic E-state index is 13.5. The van der Waals surface area contributed by atoms with Crippen molar-refractivity contribution >= 4 is 10.0 Å². The molecule has 0 amide bonds. The average Bonchev–Trinajstić information content (AvgIpc) is 2.99. The summed E-state index contributed by atoms with van der Waals surface area (Å²) in [5.74, 6) is -2.70. The second-order valence-corrected chi connectivity index (χ2v) is 8.73. The molecule has 9 heteroatoms. The highest BCUT2D eigenvalue weighted by molar-refractivity contribution is 7.88. The van der Waals surface area contributed by atoms with E-state index in [-0.39, 0.29) is 24.5 Å². The first-order valence-electron chi connectivity index (χ1n) is 8.31. The second kappa shape index (κ2) is 7.05. The molecule has 136 valence electrons. The van der Waals surface area contributed by atoms with Crippen molar-refractivity contribution < 1.29 is 21.7 Å². The minimum atomic E-state index is -3.42. The third-order valence-electron chi connectivity index (χ3n) is 4.80. The summed E-state index contributed by atoms with van der Waals surface area (Å²) in [6, 6.07) is 1.54. The third kappa shape index (κ3) is 4.52. The molecule has 1 aromatic heterocycles. The number of hydrogen-bond donors (Lipinski definition) is 0. The van der Waals surface area contributed by atoms with Crippen LogP contribution in [0.15, 0.2) is 16.9 Å². The van der Waals surface area contributed by atoms with E-state index in [2.05, 4.69) is 14.6 Å². The Bertz CT molecular complexity index is 628. The van der Waals surface area contributed by atoms with Gasteiger partial charge in [-0.2, -0.15) is 4.31 Å². The van der Waals surface area contributed by atoms with Crippen molar-refractivity contribution in [3.8, 4) is 0 Å². The van der Waals surface area contributed by atoms with Gasteiger partial charge in [-0.3, -0.25) is 0 Å². The van der Waals surface area contributed by atoms with E-state index in [4.69, 9.17) is 0 Å². The molecule has 0 N–H and O–H groups in total. The fraction of sp³-hybridized carbons (Fsp3) is 0.800. The van der Waals surface area contributed by atoms with Gasteiger partial charge in [-0.25, -0.2) is 17.2 Å². The van der Waals surface area contributed by atoms with Crippen molar-refractivity contribution in [3.05, 3.63) is 18.0 Å². The van der Waals surface area contributed by atoms with E-state index >= 15 is 0 Å². The molecule has 3 rings (SSSR count). The van der Waals surface area contributed by atoms with Crippen molar-refractivity contribution in [1.82, 2.24) is 14.4 Å². The monoisotopic (exact) mass is 363 g/mol. The Hall–Kier alpha value is -1.06. The van der Waals surface area contributed by atoms with Gasteiger partial charge in [0.2, 0.25) is 15.9 Å². The van der Waals surface area contributed by atoms with Crippen molar-refractivity contribution in [2.45, 2.75) is 37.4 Å². The zero-order valence-corrected chi connectivity index (χ0v) is 14.4. The first kappa shape index (κ1) is 17.8. The molecule has 1 aliphatic carbocycles. The highest BCUT2D eigenvalue weighted by Gasteiger charge is 2.37. The van der Waals surface area contributed by atoms with E-state index in [1.165, 1.54) is 16.6 Å². The van der Waals surface area contributed by atoms with Gasteiger partial charge >= 0.3 is 0 Å². The molecule has 1 aliphatic heterocycles. The molecule has 1 aromatic rings. The number of halogens is 2. The molecule has 2 aliphatic rings. The molecule has 24 heavy (non-hydrogen) atoms. The van der Waals surface area contributed by atoms with Crippen molar-refractivity contribution in [2.24, 2.45) is 5.92 Å². The van der Waals surface area contributed by atoms with Gasteiger partial charge in [0.15, 0.2) is 0 Å². The normalized spacial score (nSPS) is 26.5. The maximum atomic E-state index is 13.5. The minimum absolute atomic E-state index is 0.00241. The Balaban J connectivity index is 1.49. The van der Waals surface area contributed by atoms with Crippen LogP contribution in [0.1, 0.15) is 31.4 Å². The first-order valence-corrected chi connectivity index (χ1v) is 9.92. The highest BCUT2D eigenvalue weighted by atomic mass is 32.2. The van der Waals surface area contributed by atoms with Crippen LogP contribution in [-0.4, -0.2) is 61.4 Å². The summed E-state index contributed by atoms with van der Waals surface area (Å²) in [6.07, 6.45) is 2.71. The molecule has 2 fully saturated rings. The Morgan fingerprint density at radius 3 is 2.67 bits per heavy atom. The molecule has 2 heterocycles. The molecule has 1 saturated heterocycles. The Labute approximate surface area is 140 Å². The number of alkyl halides is 2. The molecule has 0 aromatic carbocycles. The molecule has 0 spiro atoms. The molecular weight excluding hydrogens is 340 g/mol. The van der Waals surface area contributed by atoms with Gasteiger partial charge in [0, 0.05) is 51.6 Å². The van der Waals surface area contributed by atoms with Crippen LogP contribution < -0.4 is 0 Å². The molecule has 6 nitrogen and oxygen atoms in total. The van der Waals surface area contributed by atoms with Gasteiger partial charge in [-0.05, 0) is 18.8 Å². The van der Waals surface area contributed by atoms with Gasteiger partial charge < -0.3 is 9.42 Å². The lowest BCUT2D eigenvalue weighted by Gasteiger charge is -2.37. The summed E-state index contributed by atoms with van der Waals surface area (Å²) in [5, 5.41) is 3.64. The number of piperazine rings is 1. The molecular formula is C15H23F2N3O3S. The summed E-state index contributed by atoms with van der Waals surface area (Å²) in [5.41, 5.74) is 0.391. The molecule has 1 saturated carbocycles. The molecule has 0 bridgehead atoms. The number of hydrogen-bond acceptors (Lipinski definition) is 5. The number of nitrogens with zero attached hydrogens (tertiary/aromatic N) is 3. The highest BCUT2D eigenvalue weighted by Crippen LogP contribution is 2.37. The summed E-state index contributed by atoms with van der Waals surface area (Å²) >= 11 is 0. The maximum Gasteiger partial charge on any atom is 0.248 e. The van der Waals surface area contributed by atoms with Crippen LogP contribution in [0.3, 0.4) is 0 Å². The minimum Gasteiger partial charge on any atom is -0.364 e. The van der Waals surface area contributed by atoms with Crippen LogP contribution in [0.25, 0.3) is 0 Å². The van der Waals surface area contributed by atoms with Crippen molar-refractivity contribution in [3.63, 3.8) is 0 Å². The fourth-order valence-electron chi connectivity index (χ4n) is 3.58. The average molecular weight is 363 g/mol. The summed E-state index contributed by atoms with van der Waals surface area (Å²) in [4.78, 5) is 2.11. The van der Waals surface area contributed by atoms with E-state index in [1.54, 1.807) is 0 Å². The second-order valence-electron chi connectivity index (χ2n) is 6.76. The quantitative estimate of drug-likeness (QED) is 0.800. The molecule has 0 radical (unpaired) electrons. The van der Waals surface area contributed by atoms with Crippen LogP contribution in [0.4, 0.5) is 8.78 Å². The van der Waals surface area contributed by atoms with Crippen LogP contribution in [0.5, 0.6) is 0 Å². The van der Waals surface area contributed by atoms with Gasteiger partial charge in [0.1, 0.15) is 12.0 Å². The summed E-state index contributed by atoms with van der Waals surface area (Å²) in [6.45, 7) is 2.58. The van der Waals surface area contributed by atoms with E-state index < -0.39 is 15.9 Å². The Morgan fingerprint density at radius 1 is 1.29 bits per heavy atom. The lowest BCUT2D eigenvalue weighted by molar-refractivity contribution is -0.0577. The van der Waals surface area contributed by atoms with Gasteiger partial charge in [-0.15, -0.1) is 0 Å².